The minimum Gasteiger partial charge on any atom is -0.367 e. The van der Waals surface area contributed by atoms with Crippen LogP contribution in [-0.4, -0.2) is 28.7 Å². The molecule has 2 heterocycles. The van der Waals surface area contributed by atoms with Gasteiger partial charge in [0, 0.05) is 30.0 Å². The molecule has 0 radical (unpaired) electrons. The minimum atomic E-state index is -1.03. The Morgan fingerprint density at radius 1 is 0.857 bits per heavy atom. The van der Waals surface area contributed by atoms with Crippen molar-refractivity contribution >= 4 is 34.9 Å². The van der Waals surface area contributed by atoms with Crippen LogP contribution in [0.2, 0.25) is 0 Å². The van der Waals surface area contributed by atoms with E-state index in [9.17, 15) is 32.8 Å². The van der Waals surface area contributed by atoms with Crippen LogP contribution in [0.5, 0.6) is 0 Å². The van der Waals surface area contributed by atoms with Crippen LogP contribution in [0, 0.1) is 28.8 Å². The van der Waals surface area contributed by atoms with Crippen LogP contribution in [-0.2, 0) is 24.2 Å². The summed E-state index contributed by atoms with van der Waals surface area (Å²) >= 11 is 1.01. The highest BCUT2D eigenvalue weighted by atomic mass is 32.1. The lowest BCUT2D eigenvalue weighted by Crippen LogP contribution is -2.41. The highest BCUT2D eigenvalue weighted by Crippen LogP contribution is 2.38. The molecule has 0 bridgehead atoms. The van der Waals surface area contributed by atoms with Crippen LogP contribution in [0.25, 0.3) is 10.4 Å². The van der Waals surface area contributed by atoms with Crippen molar-refractivity contribution in [2.45, 2.75) is 73.9 Å². The van der Waals surface area contributed by atoms with E-state index in [2.05, 4.69) is 32.5 Å². The van der Waals surface area contributed by atoms with Gasteiger partial charge in [-0.25, -0.2) is 18.2 Å². The van der Waals surface area contributed by atoms with Gasteiger partial charge in [0.05, 0.1) is 16.1 Å². The van der Waals surface area contributed by atoms with Crippen molar-refractivity contribution in [3.8, 4) is 16.5 Å². The monoisotopic (exact) mass is 694 g/mol. The third-order valence-corrected chi connectivity index (χ3v) is 7.57. The number of aryl methyl sites for hydroxylation is 2. The number of hydrogen-bond acceptors (Lipinski definition) is 7. The fourth-order valence-corrected chi connectivity index (χ4v) is 5.41. The number of anilines is 1. The van der Waals surface area contributed by atoms with Gasteiger partial charge in [0.2, 0.25) is 5.91 Å². The van der Waals surface area contributed by atoms with E-state index in [1.807, 2.05) is 41.5 Å². The molecule has 0 aliphatic heterocycles. The summed E-state index contributed by atoms with van der Waals surface area (Å²) in [5.41, 5.74) is 6.33. The first-order valence-corrected chi connectivity index (χ1v) is 16.7. The van der Waals surface area contributed by atoms with E-state index < -0.39 is 35.2 Å². The normalized spacial score (nSPS) is 10.1. The highest BCUT2D eigenvalue weighted by Gasteiger charge is 2.28. The van der Waals surface area contributed by atoms with Gasteiger partial charge in [-0.3, -0.25) is 25.2 Å². The standard InChI is InChI=1S/C32H29F3N6O3S.2C2H6/c1-17(2)38-30-22(15-36)28(26-12-13-27(45-26)31(43)37-16-20-6-10-23(34)24(35)14-20)29(32(44)41-40-18(3)42)25(39-30)11-7-19-4-8-21(33)9-5-19;2*1-2/h4-6,8-10,12-14,17H,7,11,16H2,1-3H3,(H,37,43)(H,38,39)(H,40,42)(H,41,44);2*1-2H3. The maximum Gasteiger partial charge on any atom is 0.272 e. The maximum absolute atomic E-state index is 13.6. The second-order valence-electron chi connectivity index (χ2n) is 10.3. The van der Waals surface area contributed by atoms with E-state index in [4.69, 9.17) is 0 Å². The second-order valence-corrected chi connectivity index (χ2v) is 11.4. The molecule has 4 rings (SSSR count). The van der Waals surface area contributed by atoms with Gasteiger partial charge in [-0.05, 0) is 74.2 Å². The lowest BCUT2D eigenvalue weighted by Gasteiger charge is -2.20. The summed E-state index contributed by atoms with van der Waals surface area (Å²) in [5.74, 6) is -3.96. The molecule has 2 aromatic heterocycles. The van der Waals surface area contributed by atoms with Gasteiger partial charge in [0.25, 0.3) is 11.8 Å². The van der Waals surface area contributed by atoms with Crippen LogP contribution in [0.4, 0.5) is 19.0 Å². The number of nitrogens with one attached hydrogen (secondary N) is 4. The summed E-state index contributed by atoms with van der Waals surface area (Å²) in [5, 5.41) is 16.1. The molecule has 4 N–H and O–H groups in total. The van der Waals surface area contributed by atoms with Gasteiger partial charge < -0.3 is 10.6 Å². The Labute approximate surface area is 288 Å². The topological polar surface area (TPSA) is 136 Å². The number of thiophene rings is 1. The van der Waals surface area contributed by atoms with E-state index in [0.717, 1.165) is 29.0 Å². The number of rotatable bonds is 10. The number of nitrogens with zero attached hydrogens (tertiary/aromatic N) is 2. The fraction of sp³-hybridized carbons (Fsp3) is 0.306. The van der Waals surface area contributed by atoms with E-state index in [1.54, 1.807) is 18.2 Å². The number of nitriles is 1. The predicted molar refractivity (Wildman–Crippen MR) is 186 cm³/mol. The van der Waals surface area contributed by atoms with Crippen LogP contribution in [0.3, 0.4) is 0 Å². The number of pyridine rings is 1. The van der Waals surface area contributed by atoms with Crippen molar-refractivity contribution in [2.75, 3.05) is 5.32 Å². The first-order chi connectivity index (χ1) is 23.5. The molecule has 0 fully saturated rings. The summed E-state index contributed by atoms with van der Waals surface area (Å²) in [6.07, 6.45) is 0.592. The average Bonchev–Trinajstić information content (AvgIpc) is 3.59. The zero-order valence-corrected chi connectivity index (χ0v) is 29.4. The van der Waals surface area contributed by atoms with Gasteiger partial charge >= 0.3 is 0 Å². The molecule has 0 saturated carbocycles. The molecule has 4 aromatic rings. The Balaban J connectivity index is 0.00000201. The molecule has 0 atom stereocenters. The van der Waals surface area contributed by atoms with E-state index in [0.29, 0.717) is 22.6 Å². The van der Waals surface area contributed by atoms with Crippen molar-refractivity contribution in [3.05, 3.63) is 105 Å². The van der Waals surface area contributed by atoms with Gasteiger partial charge in [-0.1, -0.05) is 45.9 Å². The summed E-state index contributed by atoms with van der Waals surface area (Å²) in [6.45, 7) is 12.9. The third-order valence-electron chi connectivity index (χ3n) is 6.47. The molecule has 2 aromatic carbocycles. The molecule has 0 unspecified atom stereocenters. The Morgan fingerprint density at radius 2 is 1.51 bits per heavy atom. The number of carbonyl (C=O) groups excluding carboxylic acids is 3. The van der Waals surface area contributed by atoms with Crippen molar-refractivity contribution in [3.63, 3.8) is 0 Å². The number of carbonyl (C=O) groups is 3. The summed E-state index contributed by atoms with van der Waals surface area (Å²) in [4.78, 5) is 43.5. The Hall–Kier alpha value is -5.22. The highest BCUT2D eigenvalue weighted by molar-refractivity contribution is 7.17. The zero-order valence-electron chi connectivity index (χ0n) is 28.6. The lowest BCUT2D eigenvalue weighted by atomic mass is 9.95. The number of hydrogen-bond donors (Lipinski definition) is 4. The third kappa shape index (κ3) is 11.2. The second kappa shape index (κ2) is 19.6. The molecule has 0 aliphatic carbocycles. The summed E-state index contributed by atoms with van der Waals surface area (Å²) in [6, 6.07) is 14.3. The number of hydrazine groups is 1. The van der Waals surface area contributed by atoms with E-state index in [-0.39, 0.29) is 46.4 Å². The smallest absolute Gasteiger partial charge is 0.272 e. The molecule has 0 aliphatic rings. The molecular formula is C36H41F3N6O3S. The quantitative estimate of drug-likeness (QED) is 0.127. The number of benzene rings is 2. The van der Waals surface area contributed by atoms with Gasteiger partial charge in [0.15, 0.2) is 11.6 Å². The predicted octanol–water partition coefficient (Wildman–Crippen LogP) is 7.47. The van der Waals surface area contributed by atoms with E-state index >= 15 is 0 Å². The number of amides is 3. The largest absolute Gasteiger partial charge is 0.367 e. The number of aromatic nitrogens is 1. The first-order valence-electron chi connectivity index (χ1n) is 15.8. The van der Waals surface area contributed by atoms with Crippen LogP contribution < -0.4 is 21.5 Å². The van der Waals surface area contributed by atoms with Crippen molar-refractivity contribution in [1.29, 1.82) is 5.26 Å². The van der Waals surface area contributed by atoms with E-state index in [1.165, 1.54) is 31.2 Å². The molecule has 9 nitrogen and oxygen atoms in total. The minimum absolute atomic E-state index is 0.0207. The van der Waals surface area contributed by atoms with Gasteiger partial charge in [-0.15, -0.1) is 11.3 Å². The first kappa shape index (κ1) is 40.0. The molecule has 49 heavy (non-hydrogen) atoms. The zero-order chi connectivity index (χ0) is 36.7. The van der Waals surface area contributed by atoms with Crippen LogP contribution in [0.15, 0.2) is 54.6 Å². The number of halogens is 3. The van der Waals surface area contributed by atoms with Gasteiger partial charge in [-0.2, -0.15) is 5.26 Å². The van der Waals surface area contributed by atoms with Crippen molar-refractivity contribution in [2.24, 2.45) is 0 Å². The van der Waals surface area contributed by atoms with Crippen LogP contribution in [0.1, 0.15) is 90.9 Å². The Morgan fingerprint density at radius 3 is 2.10 bits per heavy atom. The summed E-state index contributed by atoms with van der Waals surface area (Å²) in [7, 11) is 0. The molecule has 3 amide bonds. The summed E-state index contributed by atoms with van der Waals surface area (Å²) < 4.78 is 40.4. The lowest BCUT2D eigenvalue weighted by molar-refractivity contribution is -0.119. The Kier molecular flexibility index (Phi) is 16.0. The molecule has 0 spiro atoms. The molecule has 0 saturated heterocycles. The maximum atomic E-state index is 13.6. The van der Waals surface area contributed by atoms with Crippen LogP contribution >= 0.6 is 11.3 Å². The molecule has 260 valence electrons. The van der Waals surface area contributed by atoms with Gasteiger partial charge in [0.1, 0.15) is 23.3 Å². The van der Waals surface area contributed by atoms with Crippen molar-refractivity contribution < 1.29 is 27.6 Å². The Bertz CT molecular complexity index is 1790. The van der Waals surface area contributed by atoms with Crippen molar-refractivity contribution in [1.82, 2.24) is 21.2 Å². The molecule has 13 heteroatoms. The SMILES string of the molecule is CC.CC.CC(=O)NNC(=O)c1c(CCc2ccc(F)cc2)nc(NC(C)C)c(C#N)c1-c1ccc(C(=O)NCc2ccc(F)c(F)c2)s1. The average molecular weight is 695 g/mol. The molecular weight excluding hydrogens is 653 g/mol. The fourth-order valence-electron chi connectivity index (χ4n) is 4.43.